The van der Waals surface area contributed by atoms with Gasteiger partial charge in [0.25, 0.3) is 0 Å². The zero-order valence-corrected chi connectivity index (χ0v) is 14.6. The van der Waals surface area contributed by atoms with Crippen molar-refractivity contribution >= 4 is 28.4 Å². The van der Waals surface area contributed by atoms with E-state index in [-0.39, 0.29) is 5.78 Å². The zero-order valence-electron chi connectivity index (χ0n) is 13.8. The van der Waals surface area contributed by atoms with Crippen LogP contribution in [0.5, 0.6) is 0 Å². The Kier molecular flexibility index (Phi) is 3.93. The minimum atomic E-state index is 0.0966. The van der Waals surface area contributed by atoms with Crippen LogP contribution in [0.4, 0.5) is 0 Å². The highest BCUT2D eigenvalue weighted by atomic mass is 32.2. The predicted molar refractivity (Wildman–Crippen MR) is 97.4 cm³/mol. The van der Waals surface area contributed by atoms with Gasteiger partial charge in [-0.25, -0.2) is 0 Å². The summed E-state index contributed by atoms with van der Waals surface area (Å²) in [5.41, 5.74) is 2.16. The molecule has 3 heterocycles. The lowest BCUT2D eigenvalue weighted by Crippen LogP contribution is -1.93. The van der Waals surface area contributed by atoms with Gasteiger partial charge in [-0.3, -0.25) is 4.79 Å². The third-order valence-corrected chi connectivity index (χ3v) is 4.90. The number of thioether (sulfide) groups is 1. The molecule has 25 heavy (non-hydrogen) atoms. The Morgan fingerprint density at radius 2 is 2.04 bits per heavy atom. The molecule has 0 fully saturated rings. The van der Waals surface area contributed by atoms with E-state index in [4.69, 9.17) is 4.42 Å². The number of rotatable bonds is 5. The molecule has 0 spiro atoms. The number of benzene rings is 1. The number of hydrogen-bond acceptors (Lipinski definition) is 5. The average molecular weight is 352 g/mol. The lowest BCUT2D eigenvalue weighted by atomic mass is 10.1. The Hall–Kier alpha value is -2.80. The van der Waals surface area contributed by atoms with Crippen molar-refractivity contribution in [2.45, 2.75) is 12.1 Å². The molecular formula is C18H16N4O2S. The SMILES string of the molecule is CC(=O)CSc1nnc(-c2ccc(-c3ccc4ccn(C)c4c3)o2)[nH]1. The number of ketones is 1. The van der Waals surface area contributed by atoms with Crippen LogP contribution in [0, 0.1) is 0 Å². The van der Waals surface area contributed by atoms with Gasteiger partial charge in [-0.15, -0.1) is 10.2 Å². The van der Waals surface area contributed by atoms with Crippen molar-refractivity contribution in [3.05, 3.63) is 42.6 Å². The van der Waals surface area contributed by atoms with Crippen LogP contribution >= 0.6 is 11.8 Å². The number of H-pyrrole nitrogens is 1. The van der Waals surface area contributed by atoms with E-state index in [1.165, 1.54) is 17.1 Å². The monoisotopic (exact) mass is 352 g/mol. The summed E-state index contributed by atoms with van der Waals surface area (Å²) in [6.07, 6.45) is 2.04. The van der Waals surface area contributed by atoms with Gasteiger partial charge in [-0.2, -0.15) is 0 Å². The molecular weight excluding hydrogens is 336 g/mol. The Bertz CT molecular complexity index is 1060. The molecule has 6 nitrogen and oxygen atoms in total. The lowest BCUT2D eigenvalue weighted by molar-refractivity contribution is -0.114. The Balaban J connectivity index is 1.60. The Labute approximate surface area is 148 Å². The maximum Gasteiger partial charge on any atom is 0.197 e. The maximum absolute atomic E-state index is 11.0. The second-order valence-electron chi connectivity index (χ2n) is 5.83. The van der Waals surface area contributed by atoms with Crippen LogP contribution in [0.1, 0.15) is 6.92 Å². The van der Waals surface area contributed by atoms with Crippen LogP contribution in [0.15, 0.2) is 52.2 Å². The summed E-state index contributed by atoms with van der Waals surface area (Å²) in [6, 6.07) is 12.1. The number of nitrogens with one attached hydrogen (secondary N) is 1. The molecule has 0 unspecified atom stereocenters. The number of furan rings is 1. The van der Waals surface area contributed by atoms with Crippen molar-refractivity contribution in [3.8, 4) is 22.9 Å². The molecule has 3 aromatic heterocycles. The van der Waals surface area contributed by atoms with Crippen molar-refractivity contribution < 1.29 is 9.21 Å². The zero-order chi connectivity index (χ0) is 17.4. The molecule has 0 saturated carbocycles. The lowest BCUT2D eigenvalue weighted by Gasteiger charge is -2.00. The summed E-state index contributed by atoms with van der Waals surface area (Å²) >= 11 is 1.33. The topological polar surface area (TPSA) is 76.7 Å². The van der Waals surface area contributed by atoms with Crippen molar-refractivity contribution in [1.82, 2.24) is 19.7 Å². The summed E-state index contributed by atoms with van der Waals surface area (Å²) in [4.78, 5) is 14.1. The number of nitrogens with zero attached hydrogens (tertiary/aromatic N) is 3. The number of aryl methyl sites for hydroxylation is 1. The number of Topliss-reactive ketones (excluding diaryl/α,β-unsaturated/α-hetero) is 1. The molecule has 0 saturated heterocycles. The van der Waals surface area contributed by atoms with E-state index in [1.807, 2.05) is 31.4 Å². The molecule has 0 aliphatic carbocycles. The van der Waals surface area contributed by atoms with Crippen molar-refractivity contribution in [3.63, 3.8) is 0 Å². The van der Waals surface area contributed by atoms with Crippen LogP contribution in [0.2, 0.25) is 0 Å². The molecule has 4 rings (SSSR count). The Morgan fingerprint density at radius 3 is 2.88 bits per heavy atom. The first kappa shape index (κ1) is 15.7. The van der Waals surface area contributed by atoms with Crippen LogP contribution in [-0.4, -0.2) is 31.3 Å². The molecule has 0 amide bonds. The second-order valence-corrected chi connectivity index (χ2v) is 6.80. The predicted octanol–water partition coefficient (Wildman–Crippen LogP) is 3.90. The molecule has 126 valence electrons. The summed E-state index contributed by atoms with van der Waals surface area (Å²) in [5.74, 6) is 2.41. The molecule has 1 aromatic carbocycles. The molecule has 1 N–H and O–H groups in total. The van der Waals surface area contributed by atoms with E-state index in [0.717, 1.165) is 16.8 Å². The van der Waals surface area contributed by atoms with E-state index in [0.29, 0.717) is 22.5 Å². The van der Waals surface area contributed by atoms with Gasteiger partial charge >= 0.3 is 0 Å². The summed E-state index contributed by atoms with van der Waals surface area (Å²) in [5, 5.41) is 9.93. The highest BCUT2D eigenvalue weighted by Crippen LogP contribution is 2.29. The largest absolute Gasteiger partial charge is 0.453 e. The van der Waals surface area contributed by atoms with E-state index in [1.54, 1.807) is 6.92 Å². The first-order valence-corrected chi connectivity index (χ1v) is 8.79. The molecule has 7 heteroatoms. The maximum atomic E-state index is 11.0. The summed E-state index contributed by atoms with van der Waals surface area (Å²) < 4.78 is 8.02. The number of aromatic amines is 1. The van der Waals surface area contributed by atoms with Gasteiger partial charge in [0.1, 0.15) is 11.5 Å². The number of fused-ring (bicyclic) bond motifs is 1. The number of carbonyl (C=O) groups excluding carboxylic acids is 1. The van der Waals surface area contributed by atoms with Gasteiger partial charge in [-0.05, 0) is 36.6 Å². The molecule has 0 radical (unpaired) electrons. The fourth-order valence-electron chi connectivity index (χ4n) is 2.63. The summed E-state index contributed by atoms with van der Waals surface area (Å²) in [6.45, 7) is 1.55. The standard InChI is InChI=1S/C18H16N4O2S/c1-11(23)10-25-18-19-17(20-21-18)16-6-5-15(24-16)13-4-3-12-7-8-22(2)14(12)9-13/h3-9H,10H2,1-2H3,(H,19,20,21). The van der Waals surface area contributed by atoms with Gasteiger partial charge in [-0.1, -0.05) is 23.9 Å². The van der Waals surface area contributed by atoms with Crippen molar-refractivity contribution in [2.24, 2.45) is 7.05 Å². The van der Waals surface area contributed by atoms with Crippen LogP contribution in [0.3, 0.4) is 0 Å². The van der Waals surface area contributed by atoms with E-state index in [2.05, 4.69) is 37.9 Å². The fraction of sp³-hybridized carbons (Fsp3) is 0.167. The second kappa shape index (κ2) is 6.25. The van der Waals surface area contributed by atoms with Gasteiger partial charge < -0.3 is 14.0 Å². The highest BCUT2D eigenvalue weighted by Gasteiger charge is 2.12. The molecule has 0 aliphatic heterocycles. The van der Waals surface area contributed by atoms with Gasteiger partial charge in [0.2, 0.25) is 0 Å². The van der Waals surface area contributed by atoms with Crippen LogP contribution < -0.4 is 0 Å². The average Bonchev–Trinajstić information content (AvgIpc) is 3.32. The normalized spacial score (nSPS) is 11.3. The Morgan fingerprint density at radius 1 is 1.20 bits per heavy atom. The van der Waals surface area contributed by atoms with Crippen molar-refractivity contribution in [1.29, 1.82) is 0 Å². The van der Waals surface area contributed by atoms with Gasteiger partial charge in [0.15, 0.2) is 16.7 Å². The number of aromatic nitrogens is 4. The molecule has 0 bridgehead atoms. The highest BCUT2D eigenvalue weighted by molar-refractivity contribution is 7.99. The van der Waals surface area contributed by atoms with Gasteiger partial charge in [0.05, 0.1) is 5.75 Å². The van der Waals surface area contributed by atoms with Crippen molar-refractivity contribution in [2.75, 3.05) is 5.75 Å². The summed E-state index contributed by atoms with van der Waals surface area (Å²) in [7, 11) is 2.02. The van der Waals surface area contributed by atoms with E-state index >= 15 is 0 Å². The fourth-order valence-corrected chi connectivity index (χ4v) is 3.24. The van der Waals surface area contributed by atoms with Crippen LogP contribution in [0.25, 0.3) is 33.8 Å². The third kappa shape index (κ3) is 3.10. The molecule has 0 aliphatic rings. The van der Waals surface area contributed by atoms with Crippen LogP contribution in [-0.2, 0) is 11.8 Å². The van der Waals surface area contributed by atoms with Gasteiger partial charge in [0, 0.05) is 24.3 Å². The first-order valence-electron chi connectivity index (χ1n) is 7.81. The first-order chi connectivity index (χ1) is 12.1. The smallest absolute Gasteiger partial charge is 0.197 e. The third-order valence-electron chi connectivity index (χ3n) is 3.89. The number of carbonyl (C=O) groups is 1. The molecule has 0 atom stereocenters. The quantitative estimate of drug-likeness (QED) is 0.551. The minimum Gasteiger partial charge on any atom is -0.453 e. The minimum absolute atomic E-state index is 0.0966. The number of hydrogen-bond donors (Lipinski definition) is 1. The molecule has 4 aromatic rings. The van der Waals surface area contributed by atoms with E-state index in [9.17, 15) is 4.79 Å². The van der Waals surface area contributed by atoms with E-state index < -0.39 is 0 Å².